The van der Waals surface area contributed by atoms with E-state index in [0.717, 1.165) is 23.2 Å². The number of aliphatic hydroxyl groups is 1. The molecule has 3 N–H and O–H groups in total. The molecule has 1 aromatic rings. The van der Waals surface area contributed by atoms with Crippen LogP contribution in [0.2, 0.25) is 0 Å². The molecule has 0 atom stereocenters. The highest BCUT2D eigenvalue weighted by molar-refractivity contribution is 7.88. The van der Waals surface area contributed by atoms with Crippen molar-refractivity contribution in [3.05, 3.63) is 17.0 Å². The smallest absolute Gasteiger partial charge is 0.208 e. The van der Waals surface area contributed by atoms with Crippen LogP contribution >= 0.6 is 0 Å². The van der Waals surface area contributed by atoms with Crippen LogP contribution in [0.3, 0.4) is 0 Å². The average Bonchev–Trinajstić information content (AvgIpc) is 2.55. The molecular formula is C11H22N4O3S. The van der Waals surface area contributed by atoms with Crippen LogP contribution in [0.4, 0.5) is 0 Å². The van der Waals surface area contributed by atoms with Crippen molar-refractivity contribution < 1.29 is 13.5 Å². The van der Waals surface area contributed by atoms with E-state index in [2.05, 4.69) is 15.1 Å². The largest absolute Gasteiger partial charge is 0.394 e. The van der Waals surface area contributed by atoms with Gasteiger partial charge >= 0.3 is 0 Å². The Morgan fingerprint density at radius 1 is 1.32 bits per heavy atom. The number of hydrogen-bond donors (Lipinski definition) is 3. The number of rotatable bonds is 8. The average molecular weight is 290 g/mol. The third-order valence-corrected chi connectivity index (χ3v) is 3.54. The molecule has 0 aliphatic rings. The number of aromatic nitrogens is 2. The fraction of sp³-hybridized carbons (Fsp3) is 0.727. The van der Waals surface area contributed by atoms with Gasteiger partial charge in [-0.3, -0.25) is 4.68 Å². The van der Waals surface area contributed by atoms with E-state index in [1.54, 1.807) is 4.68 Å². The molecule has 0 aromatic carbocycles. The first-order chi connectivity index (χ1) is 8.85. The highest BCUT2D eigenvalue weighted by atomic mass is 32.2. The van der Waals surface area contributed by atoms with E-state index in [-0.39, 0.29) is 6.61 Å². The zero-order chi connectivity index (χ0) is 14.5. The molecule has 0 saturated carbocycles. The molecule has 0 aliphatic carbocycles. The summed E-state index contributed by atoms with van der Waals surface area (Å²) >= 11 is 0. The van der Waals surface area contributed by atoms with Crippen molar-refractivity contribution in [1.29, 1.82) is 0 Å². The van der Waals surface area contributed by atoms with Crippen molar-refractivity contribution in [2.45, 2.75) is 26.9 Å². The minimum absolute atomic E-state index is 0.0626. The van der Waals surface area contributed by atoms with Crippen LogP contribution in [-0.2, 0) is 23.1 Å². The van der Waals surface area contributed by atoms with Gasteiger partial charge in [0, 0.05) is 30.9 Å². The highest BCUT2D eigenvalue weighted by Crippen LogP contribution is 2.12. The van der Waals surface area contributed by atoms with Crippen LogP contribution in [0.25, 0.3) is 0 Å². The van der Waals surface area contributed by atoms with Crippen molar-refractivity contribution in [1.82, 2.24) is 19.8 Å². The number of aliphatic hydroxyl groups excluding tert-OH is 1. The summed E-state index contributed by atoms with van der Waals surface area (Å²) in [4.78, 5) is 0. The molecule has 1 rings (SSSR count). The summed E-state index contributed by atoms with van der Waals surface area (Å²) in [6.45, 7) is 5.98. The van der Waals surface area contributed by atoms with Crippen LogP contribution in [0.15, 0.2) is 0 Å². The van der Waals surface area contributed by atoms with Crippen LogP contribution in [0.1, 0.15) is 17.0 Å². The topological polar surface area (TPSA) is 96.2 Å². The predicted molar refractivity (Wildman–Crippen MR) is 73.3 cm³/mol. The van der Waals surface area contributed by atoms with Gasteiger partial charge in [-0.25, -0.2) is 13.1 Å². The number of sulfonamides is 1. The number of nitrogens with one attached hydrogen (secondary N) is 2. The Balaban J connectivity index is 2.45. The maximum absolute atomic E-state index is 10.9. The monoisotopic (exact) mass is 290 g/mol. The molecule has 19 heavy (non-hydrogen) atoms. The summed E-state index contributed by atoms with van der Waals surface area (Å²) in [6, 6.07) is 0. The second-order valence-corrected chi connectivity index (χ2v) is 6.27. The Morgan fingerprint density at radius 2 is 2.00 bits per heavy atom. The maximum atomic E-state index is 10.9. The minimum Gasteiger partial charge on any atom is -0.394 e. The van der Waals surface area contributed by atoms with Gasteiger partial charge < -0.3 is 10.4 Å². The predicted octanol–water partition coefficient (Wildman–Crippen LogP) is -0.869. The number of hydrogen-bond acceptors (Lipinski definition) is 5. The van der Waals surface area contributed by atoms with E-state index < -0.39 is 10.0 Å². The Hall–Kier alpha value is -0.960. The van der Waals surface area contributed by atoms with E-state index in [0.29, 0.717) is 26.2 Å². The van der Waals surface area contributed by atoms with Gasteiger partial charge in [-0.15, -0.1) is 0 Å². The van der Waals surface area contributed by atoms with Gasteiger partial charge in [0.15, 0.2) is 0 Å². The Morgan fingerprint density at radius 3 is 2.58 bits per heavy atom. The molecule has 1 heterocycles. The zero-order valence-corrected chi connectivity index (χ0v) is 12.4. The van der Waals surface area contributed by atoms with Gasteiger partial charge in [-0.05, 0) is 13.8 Å². The zero-order valence-electron chi connectivity index (χ0n) is 11.6. The van der Waals surface area contributed by atoms with Crippen LogP contribution < -0.4 is 10.0 Å². The fourth-order valence-corrected chi connectivity index (χ4v) is 2.31. The van der Waals surface area contributed by atoms with E-state index in [4.69, 9.17) is 5.11 Å². The van der Waals surface area contributed by atoms with Crippen LogP contribution in [0.5, 0.6) is 0 Å². The summed E-state index contributed by atoms with van der Waals surface area (Å²) < 4.78 is 25.9. The first kappa shape index (κ1) is 16.1. The Kier molecular flexibility index (Phi) is 5.92. The van der Waals surface area contributed by atoms with Crippen molar-refractivity contribution in [2.24, 2.45) is 0 Å². The number of nitrogens with zero attached hydrogens (tertiary/aromatic N) is 2. The SMILES string of the molecule is Cc1nn(CCO)c(C)c1CNCCNS(C)(=O)=O. The van der Waals surface area contributed by atoms with Crippen LogP contribution in [-0.4, -0.2) is 49.3 Å². The molecule has 0 fully saturated rings. The molecule has 8 heteroatoms. The molecule has 0 saturated heterocycles. The summed E-state index contributed by atoms with van der Waals surface area (Å²) in [5, 5.41) is 16.4. The summed E-state index contributed by atoms with van der Waals surface area (Å²) in [5.74, 6) is 0. The van der Waals surface area contributed by atoms with Gasteiger partial charge in [-0.2, -0.15) is 5.10 Å². The molecule has 0 spiro atoms. The lowest BCUT2D eigenvalue weighted by atomic mass is 10.2. The molecule has 1 aromatic heterocycles. The molecule has 0 amide bonds. The van der Waals surface area contributed by atoms with Crippen molar-refractivity contribution >= 4 is 10.0 Å². The lowest BCUT2D eigenvalue weighted by Crippen LogP contribution is -2.31. The maximum Gasteiger partial charge on any atom is 0.208 e. The van der Waals surface area contributed by atoms with Crippen molar-refractivity contribution in [2.75, 3.05) is 26.0 Å². The van der Waals surface area contributed by atoms with E-state index in [1.165, 1.54) is 0 Å². The molecule has 0 aliphatic heterocycles. The van der Waals surface area contributed by atoms with Crippen molar-refractivity contribution in [3.63, 3.8) is 0 Å². The molecule has 110 valence electrons. The fourth-order valence-electron chi connectivity index (χ4n) is 1.84. The molecular weight excluding hydrogens is 268 g/mol. The minimum atomic E-state index is -3.12. The number of aryl methyl sites for hydroxylation is 1. The van der Waals surface area contributed by atoms with Crippen LogP contribution in [0, 0.1) is 13.8 Å². The van der Waals surface area contributed by atoms with Gasteiger partial charge in [-0.1, -0.05) is 0 Å². The Bertz CT molecular complexity index is 510. The summed E-state index contributed by atoms with van der Waals surface area (Å²) in [6.07, 6.45) is 1.14. The second kappa shape index (κ2) is 6.99. The van der Waals surface area contributed by atoms with Gasteiger partial charge in [0.25, 0.3) is 0 Å². The molecule has 0 unspecified atom stereocenters. The quantitative estimate of drug-likeness (QED) is 0.541. The van der Waals surface area contributed by atoms with Gasteiger partial charge in [0.1, 0.15) is 0 Å². The lowest BCUT2D eigenvalue weighted by Gasteiger charge is -2.06. The van der Waals surface area contributed by atoms with E-state index in [9.17, 15) is 8.42 Å². The Labute approximate surface area is 114 Å². The standard InChI is InChI=1S/C11H22N4O3S/c1-9-11(10(2)15(14-9)6-7-16)8-12-4-5-13-19(3,17)18/h12-13,16H,4-8H2,1-3H3. The molecule has 0 radical (unpaired) electrons. The van der Waals surface area contributed by atoms with Crippen molar-refractivity contribution in [3.8, 4) is 0 Å². The molecule has 0 bridgehead atoms. The third kappa shape index (κ3) is 5.27. The molecule has 7 nitrogen and oxygen atoms in total. The second-order valence-electron chi connectivity index (χ2n) is 4.44. The first-order valence-electron chi connectivity index (χ1n) is 6.14. The van der Waals surface area contributed by atoms with Gasteiger partial charge in [0.2, 0.25) is 10.0 Å². The summed E-state index contributed by atoms with van der Waals surface area (Å²) in [5.41, 5.74) is 3.04. The van der Waals surface area contributed by atoms with Gasteiger partial charge in [0.05, 0.1) is 25.1 Å². The summed E-state index contributed by atoms with van der Waals surface area (Å²) in [7, 11) is -3.12. The van der Waals surface area contributed by atoms with E-state index >= 15 is 0 Å². The highest BCUT2D eigenvalue weighted by Gasteiger charge is 2.10. The third-order valence-electron chi connectivity index (χ3n) is 2.81. The van der Waals surface area contributed by atoms with E-state index in [1.807, 2.05) is 13.8 Å². The first-order valence-corrected chi connectivity index (χ1v) is 8.03. The normalized spacial score (nSPS) is 12.0. The lowest BCUT2D eigenvalue weighted by molar-refractivity contribution is 0.267.